The third-order valence-electron chi connectivity index (χ3n) is 5.70. The van der Waals surface area contributed by atoms with Crippen LogP contribution in [0, 0.1) is 0 Å². The molecule has 29 heavy (non-hydrogen) atoms. The van der Waals surface area contributed by atoms with Crippen LogP contribution in [0.2, 0.25) is 0 Å². The molecule has 2 aromatic heterocycles. The number of Topliss-reactive ketones (excluding diaryl/α,β-unsaturated/α-hetero) is 1. The molecule has 1 atom stereocenters. The van der Waals surface area contributed by atoms with E-state index >= 15 is 0 Å². The number of hydrogen-bond acceptors (Lipinski definition) is 5. The smallest absolute Gasteiger partial charge is 0.211 e. The molecule has 1 aromatic carbocycles. The average molecular weight is 392 g/mol. The van der Waals surface area contributed by atoms with Gasteiger partial charge in [0, 0.05) is 35.4 Å². The molecule has 0 bridgehead atoms. The Kier molecular flexibility index (Phi) is 6.05. The van der Waals surface area contributed by atoms with Gasteiger partial charge in [-0.25, -0.2) is 4.98 Å². The standard InChI is InChI=1S/C24H29N3O2/c1-2-19(28)6-4-3-5-7-20(25)24-26-15-23(29-24)18-11-13-22-17(14-18)10-12-21(27-22)16-8-9-16/h10-16,20H,2-9,25H2,1H3/t20-/m0/s1. The van der Waals surface area contributed by atoms with Crippen molar-refractivity contribution in [1.29, 1.82) is 0 Å². The van der Waals surface area contributed by atoms with Crippen LogP contribution >= 0.6 is 0 Å². The number of benzene rings is 1. The van der Waals surface area contributed by atoms with E-state index in [1.807, 2.05) is 13.0 Å². The molecule has 0 unspecified atom stereocenters. The van der Waals surface area contributed by atoms with E-state index in [0.29, 0.717) is 30.4 Å². The van der Waals surface area contributed by atoms with Crippen LogP contribution in [-0.2, 0) is 4.79 Å². The van der Waals surface area contributed by atoms with E-state index in [2.05, 4.69) is 29.2 Å². The van der Waals surface area contributed by atoms with Gasteiger partial charge in [-0.15, -0.1) is 0 Å². The van der Waals surface area contributed by atoms with Crippen molar-refractivity contribution in [3.05, 3.63) is 48.1 Å². The molecule has 3 aromatic rings. The largest absolute Gasteiger partial charge is 0.439 e. The van der Waals surface area contributed by atoms with Gasteiger partial charge < -0.3 is 10.2 Å². The maximum atomic E-state index is 11.3. The summed E-state index contributed by atoms with van der Waals surface area (Å²) in [5.41, 5.74) is 9.48. The van der Waals surface area contributed by atoms with Crippen molar-refractivity contribution in [3.8, 4) is 11.3 Å². The fourth-order valence-corrected chi connectivity index (χ4v) is 3.66. The van der Waals surface area contributed by atoms with Gasteiger partial charge >= 0.3 is 0 Å². The Morgan fingerprint density at radius 3 is 2.86 bits per heavy atom. The number of unbranched alkanes of at least 4 members (excludes halogenated alkanes) is 2. The van der Waals surface area contributed by atoms with Crippen molar-refractivity contribution in [2.24, 2.45) is 5.73 Å². The van der Waals surface area contributed by atoms with Crippen molar-refractivity contribution in [2.75, 3.05) is 0 Å². The predicted octanol–water partition coefficient (Wildman–Crippen LogP) is 5.70. The molecule has 5 heteroatoms. The highest BCUT2D eigenvalue weighted by atomic mass is 16.4. The average Bonchev–Trinajstić information content (AvgIpc) is 3.48. The summed E-state index contributed by atoms with van der Waals surface area (Å²) in [7, 11) is 0. The highest BCUT2D eigenvalue weighted by Gasteiger charge is 2.25. The Bertz CT molecular complexity index is 991. The van der Waals surface area contributed by atoms with Crippen LogP contribution in [0.1, 0.15) is 81.8 Å². The molecule has 2 N–H and O–H groups in total. The number of fused-ring (bicyclic) bond motifs is 1. The van der Waals surface area contributed by atoms with Crippen molar-refractivity contribution in [3.63, 3.8) is 0 Å². The molecular weight excluding hydrogens is 362 g/mol. The van der Waals surface area contributed by atoms with Gasteiger partial charge in [-0.1, -0.05) is 25.8 Å². The van der Waals surface area contributed by atoms with Crippen LogP contribution in [0.25, 0.3) is 22.2 Å². The number of nitrogens with two attached hydrogens (primary N) is 1. The first-order chi connectivity index (χ1) is 14.1. The summed E-state index contributed by atoms with van der Waals surface area (Å²) in [4.78, 5) is 20.5. The van der Waals surface area contributed by atoms with Gasteiger partial charge in [0.1, 0.15) is 5.78 Å². The highest BCUT2D eigenvalue weighted by Crippen LogP contribution is 2.39. The van der Waals surface area contributed by atoms with Crippen molar-refractivity contribution in [2.45, 2.75) is 70.3 Å². The SMILES string of the molecule is CCC(=O)CCCCC[C@H](N)c1ncc(-c2ccc3nc(C4CC4)ccc3c2)o1. The van der Waals surface area contributed by atoms with Gasteiger partial charge in [-0.3, -0.25) is 9.78 Å². The minimum Gasteiger partial charge on any atom is -0.439 e. The lowest BCUT2D eigenvalue weighted by atomic mass is 10.1. The molecule has 0 saturated heterocycles. The quantitative estimate of drug-likeness (QED) is 0.449. The van der Waals surface area contributed by atoms with Crippen LogP contribution < -0.4 is 5.73 Å². The number of pyridine rings is 1. The molecule has 5 nitrogen and oxygen atoms in total. The van der Waals surface area contributed by atoms with Crippen LogP contribution in [0.5, 0.6) is 0 Å². The Hall–Kier alpha value is -2.53. The number of rotatable bonds is 10. The van der Waals surface area contributed by atoms with Crippen LogP contribution in [-0.4, -0.2) is 15.8 Å². The van der Waals surface area contributed by atoms with Gasteiger partial charge in [0.05, 0.1) is 17.8 Å². The van der Waals surface area contributed by atoms with Crippen molar-refractivity contribution >= 4 is 16.7 Å². The van der Waals surface area contributed by atoms with Gasteiger partial charge in [0.15, 0.2) is 5.76 Å². The van der Waals surface area contributed by atoms with Crippen LogP contribution in [0.15, 0.2) is 40.9 Å². The second-order valence-corrected chi connectivity index (χ2v) is 8.08. The Morgan fingerprint density at radius 2 is 2.07 bits per heavy atom. The summed E-state index contributed by atoms with van der Waals surface area (Å²) in [6.07, 6.45) is 9.30. The summed E-state index contributed by atoms with van der Waals surface area (Å²) < 4.78 is 5.95. The van der Waals surface area contributed by atoms with E-state index in [-0.39, 0.29) is 6.04 Å². The third-order valence-corrected chi connectivity index (χ3v) is 5.70. The van der Waals surface area contributed by atoms with E-state index in [1.165, 1.54) is 18.5 Å². The minimum absolute atomic E-state index is 0.214. The molecule has 1 aliphatic carbocycles. The van der Waals surface area contributed by atoms with E-state index in [0.717, 1.165) is 47.9 Å². The predicted molar refractivity (Wildman–Crippen MR) is 115 cm³/mol. The number of aromatic nitrogens is 2. The molecule has 1 aliphatic rings. The second kappa shape index (κ2) is 8.87. The Morgan fingerprint density at radius 1 is 1.21 bits per heavy atom. The van der Waals surface area contributed by atoms with Gasteiger partial charge in [0.25, 0.3) is 0 Å². The monoisotopic (exact) mass is 391 g/mol. The molecular formula is C24H29N3O2. The molecule has 1 saturated carbocycles. The van der Waals surface area contributed by atoms with Crippen LogP contribution in [0.4, 0.5) is 0 Å². The maximum absolute atomic E-state index is 11.3. The zero-order valence-electron chi connectivity index (χ0n) is 17.1. The molecule has 2 heterocycles. The van der Waals surface area contributed by atoms with Crippen molar-refractivity contribution < 1.29 is 9.21 Å². The van der Waals surface area contributed by atoms with Crippen LogP contribution in [0.3, 0.4) is 0 Å². The third kappa shape index (κ3) is 4.91. The molecule has 0 amide bonds. The van der Waals surface area contributed by atoms with E-state index < -0.39 is 0 Å². The lowest BCUT2D eigenvalue weighted by molar-refractivity contribution is -0.118. The number of carbonyl (C=O) groups is 1. The summed E-state index contributed by atoms with van der Waals surface area (Å²) in [5.74, 6) is 2.30. The second-order valence-electron chi connectivity index (χ2n) is 8.08. The first-order valence-corrected chi connectivity index (χ1v) is 10.8. The fraction of sp³-hybridized carbons (Fsp3) is 0.458. The first kappa shape index (κ1) is 19.8. The number of ketones is 1. The molecule has 0 aliphatic heterocycles. The number of hydrogen-bond donors (Lipinski definition) is 1. The Balaban J connectivity index is 1.36. The van der Waals surface area contributed by atoms with Gasteiger partial charge in [0.2, 0.25) is 5.89 Å². The fourth-order valence-electron chi connectivity index (χ4n) is 3.66. The van der Waals surface area contributed by atoms with E-state index in [4.69, 9.17) is 15.1 Å². The first-order valence-electron chi connectivity index (χ1n) is 10.8. The molecule has 1 fully saturated rings. The zero-order valence-corrected chi connectivity index (χ0v) is 17.1. The lowest BCUT2D eigenvalue weighted by Gasteiger charge is -2.07. The normalized spacial score (nSPS) is 15.0. The highest BCUT2D eigenvalue weighted by molar-refractivity contribution is 5.83. The number of nitrogens with zero attached hydrogens (tertiary/aromatic N) is 2. The summed E-state index contributed by atoms with van der Waals surface area (Å²) in [6.45, 7) is 1.91. The minimum atomic E-state index is -0.214. The summed E-state index contributed by atoms with van der Waals surface area (Å²) in [6, 6.07) is 10.3. The molecule has 0 radical (unpaired) electrons. The number of oxazole rings is 1. The molecule has 152 valence electrons. The summed E-state index contributed by atoms with van der Waals surface area (Å²) in [5, 5.41) is 1.11. The topological polar surface area (TPSA) is 82.0 Å². The van der Waals surface area contributed by atoms with Gasteiger partial charge in [-0.2, -0.15) is 0 Å². The molecule has 0 spiro atoms. The van der Waals surface area contributed by atoms with E-state index in [1.54, 1.807) is 6.20 Å². The lowest BCUT2D eigenvalue weighted by Crippen LogP contribution is -2.10. The molecule has 4 rings (SSSR count). The number of carbonyl (C=O) groups excluding carboxylic acids is 1. The Labute approximate surface area is 171 Å². The summed E-state index contributed by atoms with van der Waals surface area (Å²) >= 11 is 0. The maximum Gasteiger partial charge on any atom is 0.211 e. The zero-order chi connectivity index (χ0) is 20.2. The van der Waals surface area contributed by atoms with Crippen molar-refractivity contribution in [1.82, 2.24) is 9.97 Å². The van der Waals surface area contributed by atoms with Gasteiger partial charge in [-0.05, 0) is 49.9 Å². The van der Waals surface area contributed by atoms with E-state index in [9.17, 15) is 4.79 Å².